The minimum absolute atomic E-state index is 0.0685. The summed E-state index contributed by atoms with van der Waals surface area (Å²) in [5.74, 6) is 1.24. The highest BCUT2D eigenvalue weighted by molar-refractivity contribution is 7.99. The molecular formula is C25H24FN5O2S. The van der Waals surface area contributed by atoms with E-state index in [1.54, 1.807) is 36.5 Å². The molecule has 1 amide bonds. The Kier molecular flexibility index (Phi) is 7.54. The monoisotopic (exact) mass is 477 g/mol. The molecule has 4 rings (SSSR count). The summed E-state index contributed by atoms with van der Waals surface area (Å²) in [5.41, 5.74) is 2.58. The zero-order valence-electron chi connectivity index (χ0n) is 18.9. The molecule has 0 aliphatic heterocycles. The number of ether oxygens (including phenoxy) is 1. The Hall–Kier alpha value is -3.72. The molecule has 0 aliphatic carbocycles. The lowest BCUT2D eigenvalue weighted by Crippen LogP contribution is -2.27. The summed E-state index contributed by atoms with van der Waals surface area (Å²) in [5, 5.41) is 9.35. The van der Waals surface area contributed by atoms with Crippen molar-refractivity contribution in [3.8, 4) is 22.8 Å². The van der Waals surface area contributed by atoms with Crippen LogP contribution in [0.4, 0.5) is 4.39 Å². The Bertz CT molecular complexity index is 1230. The van der Waals surface area contributed by atoms with E-state index >= 15 is 0 Å². The molecule has 0 spiro atoms. The van der Waals surface area contributed by atoms with Crippen LogP contribution in [0, 0.1) is 5.82 Å². The number of halogens is 1. The second kappa shape index (κ2) is 10.9. The van der Waals surface area contributed by atoms with Crippen molar-refractivity contribution in [1.82, 2.24) is 24.6 Å². The van der Waals surface area contributed by atoms with Crippen LogP contribution in [0.1, 0.15) is 12.5 Å². The van der Waals surface area contributed by atoms with Crippen LogP contribution < -0.4 is 4.74 Å². The second-order valence-electron chi connectivity index (χ2n) is 7.47. The van der Waals surface area contributed by atoms with Crippen molar-refractivity contribution >= 4 is 17.7 Å². The first-order valence-electron chi connectivity index (χ1n) is 10.8. The molecule has 0 radical (unpaired) electrons. The lowest BCUT2D eigenvalue weighted by atomic mass is 10.2. The zero-order valence-corrected chi connectivity index (χ0v) is 19.7. The molecule has 2 aromatic carbocycles. The third-order valence-electron chi connectivity index (χ3n) is 5.06. The number of carbonyl (C=O) groups is 1. The van der Waals surface area contributed by atoms with Crippen molar-refractivity contribution in [3.05, 3.63) is 84.4 Å². The van der Waals surface area contributed by atoms with Gasteiger partial charge in [-0.25, -0.2) is 4.39 Å². The van der Waals surface area contributed by atoms with E-state index in [9.17, 15) is 9.18 Å². The van der Waals surface area contributed by atoms with E-state index in [-0.39, 0.29) is 17.5 Å². The van der Waals surface area contributed by atoms with Crippen molar-refractivity contribution in [2.45, 2.75) is 18.6 Å². The summed E-state index contributed by atoms with van der Waals surface area (Å²) in [6.07, 6.45) is 3.40. The average molecular weight is 478 g/mol. The van der Waals surface area contributed by atoms with Crippen molar-refractivity contribution < 1.29 is 13.9 Å². The number of aromatic nitrogens is 4. The molecule has 4 aromatic rings. The van der Waals surface area contributed by atoms with Gasteiger partial charge < -0.3 is 9.64 Å². The summed E-state index contributed by atoms with van der Waals surface area (Å²) >= 11 is 1.31. The lowest BCUT2D eigenvalue weighted by molar-refractivity contribution is -0.127. The molecule has 0 saturated heterocycles. The van der Waals surface area contributed by atoms with E-state index in [1.165, 1.54) is 23.9 Å². The van der Waals surface area contributed by atoms with Gasteiger partial charge in [-0.2, -0.15) is 0 Å². The number of hydrogen-bond donors (Lipinski definition) is 0. The average Bonchev–Trinajstić information content (AvgIpc) is 3.29. The van der Waals surface area contributed by atoms with Gasteiger partial charge in [0.25, 0.3) is 0 Å². The number of hydrogen-bond acceptors (Lipinski definition) is 6. The Morgan fingerprint density at radius 2 is 1.74 bits per heavy atom. The van der Waals surface area contributed by atoms with Crippen LogP contribution in [0.15, 0.2) is 78.2 Å². The van der Waals surface area contributed by atoms with E-state index in [4.69, 9.17) is 4.74 Å². The predicted octanol–water partition coefficient (Wildman–Crippen LogP) is 4.62. The minimum atomic E-state index is -0.299. The van der Waals surface area contributed by atoms with E-state index < -0.39 is 0 Å². The summed E-state index contributed by atoms with van der Waals surface area (Å²) in [4.78, 5) is 18.5. The largest absolute Gasteiger partial charge is 0.494 e. The van der Waals surface area contributed by atoms with Gasteiger partial charge in [0.05, 0.1) is 12.4 Å². The zero-order chi connectivity index (χ0) is 23.9. The highest BCUT2D eigenvalue weighted by Gasteiger charge is 2.18. The van der Waals surface area contributed by atoms with Crippen LogP contribution in [0.25, 0.3) is 17.1 Å². The highest BCUT2D eigenvalue weighted by atomic mass is 32.2. The smallest absolute Gasteiger partial charge is 0.233 e. The minimum Gasteiger partial charge on any atom is -0.494 e. The first kappa shape index (κ1) is 23.4. The second-order valence-corrected chi connectivity index (χ2v) is 8.41. The number of carbonyl (C=O) groups excluding carboxylic acids is 1. The van der Waals surface area contributed by atoms with Crippen LogP contribution in [0.3, 0.4) is 0 Å². The third kappa shape index (κ3) is 5.60. The van der Waals surface area contributed by atoms with Crippen molar-refractivity contribution in [3.63, 3.8) is 0 Å². The molecule has 7 nitrogen and oxygen atoms in total. The fourth-order valence-electron chi connectivity index (χ4n) is 3.33. The van der Waals surface area contributed by atoms with Gasteiger partial charge in [-0.1, -0.05) is 23.9 Å². The topological polar surface area (TPSA) is 73.1 Å². The normalized spacial score (nSPS) is 10.8. The quantitative estimate of drug-likeness (QED) is 0.328. The first-order valence-corrected chi connectivity index (χ1v) is 11.7. The molecule has 0 atom stereocenters. The Balaban J connectivity index is 1.54. The molecule has 2 aromatic heterocycles. The van der Waals surface area contributed by atoms with Gasteiger partial charge in [0, 0.05) is 37.2 Å². The number of benzene rings is 2. The molecule has 34 heavy (non-hydrogen) atoms. The maximum atomic E-state index is 13.1. The van der Waals surface area contributed by atoms with Crippen molar-refractivity contribution in [2.24, 2.45) is 0 Å². The Morgan fingerprint density at radius 3 is 2.41 bits per heavy atom. The predicted molar refractivity (Wildman–Crippen MR) is 129 cm³/mol. The molecule has 0 bridgehead atoms. The maximum absolute atomic E-state index is 13.1. The Morgan fingerprint density at radius 1 is 1.03 bits per heavy atom. The number of nitrogens with zero attached hydrogens (tertiary/aromatic N) is 5. The van der Waals surface area contributed by atoms with Gasteiger partial charge in [0.1, 0.15) is 11.6 Å². The molecular weight excluding hydrogens is 453 g/mol. The molecule has 0 saturated carbocycles. The van der Waals surface area contributed by atoms with Gasteiger partial charge in [-0.05, 0) is 61.0 Å². The third-order valence-corrected chi connectivity index (χ3v) is 5.98. The molecule has 0 N–H and O–H groups in total. The maximum Gasteiger partial charge on any atom is 0.233 e. The fraction of sp³-hybridized carbons (Fsp3) is 0.200. The van der Waals surface area contributed by atoms with Crippen molar-refractivity contribution in [1.29, 1.82) is 0 Å². The summed E-state index contributed by atoms with van der Waals surface area (Å²) < 4.78 is 20.6. The van der Waals surface area contributed by atoms with Crippen LogP contribution in [-0.2, 0) is 11.3 Å². The molecule has 174 valence electrons. The van der Waals surface area contributed by atoms with E-state index in [2.05, 4.69) is 15.2 Å². The van der Waals surface area contributed by atoms with E-state index in [1.807, 2.05) is 47.9 Å². The van der Waals surface area contributed by atoms with Gasteiger partial charge in [-0.3, -0.25) is 14.3 Å². The van der Waals surface area contributed by atoms with E-state index in [0.717, 1.165) is 22.6 Å². The standard InChI is InChI=1S/C25H24FN5O2S/c1-3-33-22-10-8-21(9-11-22)31-24(19-12-14-27-15-13-19)28-29-25(31)34-17-23(32)30(2)16-18-4-6-20(26)7-5-18/h4-15H,3,16-17H2,1-2H3. The number of rotatable bonds is 9. The van der Waals surface area contributed by atoms with Crippen LogP contribution in [0.2, 0.25) is 0 Å². The fourth-order valence-corrected chi connectivity index (χ4v) is 4.22. The molecule has 2 heterocycles. The first-order chi connectivity index (χ1) is 16.5. The molecule has 9 heteroatoms. The molecule has 0 fully saturated rings. The lowest BCUT2D eigenvalue weighted by Gasteiger charge is -2.17. The van der Waals surface area contributed by atoms with Crippen LogP contribution in [-0.4, -0.2) is 50.0 Å². The van der Waals surface area contributed by atoms with Crippen molar-refractivity contribution in [2.75, 3.05) is 19.4 Å². The van der Waals surface area contributed by atoms with Gasteiger partial charge in [0.15, 0.2) is 11.0 Å². The van der Waals surface area contributed by atoms with Crippen LogP contribution >= 0.6 is 11.8 Å². The summed E-state index contributed by atoms with van der Waals surface area (Å²) in [7, 11) is 1.73. The van der Waals surface area contributed by atoms with Crippen LogP contribution in [0.5, 0.6) is 5.75 Å². The van der Waals surface area contributed by atoms with Gasteiger partial charge in [-0.15, -0.1) is 10.2 Å². The van der Waals surface area contributed by atoms with E-state index in [0.29, 0.717) is 24.1 Å². The summed E-state index contributed by atoms with van der Waals surface area (Å²) in [6.45, 7) is 2.92. The Labute approximate surface area is 201 Å². The number of thioether (sulfide) groups is 1. The van der Waals surface area contributed by atoms with Gasteiger partial charge in [0.2, 0.25) is 5.91 Å². The molecule has 0 unspecified atom stereocenters. The highest BCUT2D eigenvalue weighted by Crippen LogP contribution is 2.29. The molecule has 0 aliphatic rings. The number of pyridine rings is 1. The SMILES string of the molecule is CCOc1ccc(-n2c(SCC(=O)N(C)Cc3ccc(F)cc3)nnc2-c2ccncc2)cc1. The van der Waals surface area contributed by atoms with Gasteiger partial charge >= 0.3 is 0 Å². The number of amides is 1. The summed E-state index contributed by atoms with van der Waals surface area (Å²) in [6, 6.07) is 17.5.